The summed E-state index contributed by atoms with van der Waals surface area (Å²) in [6.07, 6.45) is 5.90. The average Bonchev–Trinajstić information content (AvgIpc) is 1.95. The van der Waals surface area contributed by atoms with Gasteiger partial charge in [-0.2, -0.15) is 11.8 Å². The smallest absolute Gasteiger partial charge is 0.150 e. The van der Waals surface area contributed by atoms with Crippen LogP contribution in [0.5, 0.6) is 0 Å². The van der Waals surface area contributed by atoms with E-state index < -0.39 is 9.84 Å². The second kappa shape index (κ2) is 5.86. The van der Waals surface area contributed by atoms with Gasteiger partial charge in [-0.1, -0.05) is 13.3 Å². The summed E-state index contributed by atoms with van der Waals surface area (Å²) in [4.78, 5) is 0. The van der Waals surface area contributed by atoms with Crippen molar-refractivity contribution in [1.29, 1.82) is 0 Å². The summed E-state index contributed by atoms with van der Waals surface area (Å²) in [5.74, 6) is 0.942. The van der Waals surface area contributed by atoms with Crippen molar-refractivity contribution in [2.24, 2.45) is 0 Å². The van der Waals surface area contributed by atoms with Gasteiger partial charge in [0.25, 0.3) is 0 Å². The predicted molar refractivity (Wildman–Crippen MR) is 56.5 cm³/mol. The Morgan fingerprint density at radius 1 is 1.33 bits per heavy atom. The summed E-state index contributed by atoms with van der Waals surface area (Å²) in [5.41, 5.74) is 0. The summed E-state index contributed by atoms with van der Waals surface area (Å²) in [6.45, 7) is 2.03. The minimum Gasteiger partial charge on any atom is -0.229 e. The lowest BCUT2D eigenvalue weighted by Gasteiger charge is -2.12. The van der Waals surface area contributed by atoms with Gasteiger partial charge in [-0.3, -0.25) is 0 Å². The van der Waals surface area contributed by atoms with Crippen LogP contribution in [-0.2, 0) is 9.84 Å². The van der Waals surface area contributed by atoms with Crippen LogP contribution in [0.1, 0.15) is 26.2 Å². The first-order chi connectivity index (χ1) is 5.52. The Balaban J connectivity index is 4.05. The number of rotatable bonds is 6. The first-order valence-corrected chi connectivity index (χ1v) is 7.55. The van der Waals surface area contributed by atoms with Crippen LogP contribution in [0.3, 0.4) is 0 Å². The summed E-state index contributed by atoms with van der Waals surface area (Å²) >= 11 is 1.71. The second-order valence-corrected chi connectivity index (χ2v) is 6.33. The van der Waals surface area contributed by atoms with Crippen LogP contribution in [0.25, 0.3) is 0 Å². The maximum atomic E-state index is 11.2. The Kier molecular flexibility index (Phi) is 6.01. The van der Waals surface area contributed by atoms with Crippen molar-refractivity contribution in [1.82, 2.24) is 0 Å². The van der Waals surface area contributed by atoms with Crippen molar-refractivity contribution in [3.8, 4) is 0 Å². The molecule has 0 spiro atoms. The molecule has 0 amide bonds. The van der Waals surface area contributed by atoms with Crippen molar-refractivity contribution in [2.45, 2.75) is 31.4 Å². The maximum Gasteiger partial charge on any atom is 0.150 e. The molecule has 0 saturated carbocycles. The Labute approximate surface area is 80.0 Å². The van der Waals surface area contributed by atoms with E-state index in [1.165, 1.54) is 6.26 Å². The molecule has 0 bridgehead atoms. The quantitative estimate of drug-likeness (QED) is 0.672. The summed E-state index contributed by atoms with van der Waals surface area (Å²) in [6, 6.07) is 0. The summed E-state index contributed by atoms with van der Waals surface area (Å²) in [7, 11) is -2.81. The van der Waals surface area contributed by atoms with E-state index in [-0.39, 0.29) is 5.25 Å². The van der Waals surface area contributed by atoms with Gasteiger partial charge in [-0.05, 0) is 24.9 Å². The van der Waals surface area contributed by atoms with Crippen LogP contribution in [0.15, 0.2) is 0 Å². The van der Waals surface area contributed by atoms with Crippen LogP contribution >= 0.6 is 11.8 Å². The molecule has 0 aliphatic heterocycles. The Morgan fingerprint density at radius 3 is 2.25 bits per heavy atom. The first-order valence-electron chi connectivity index (χ1n) is 4.20. The fraction of sp³-hybridized carbons (Fsp3) is 1.00. The second-order valence-electron chi connectivity index (χ2n) is 3.02. The largest absolute Gasteiger partial charge is 0.229 e. The van der Waals surface area contributed by atoms with Crippen LogP contribution in [0.2, 0.25) is 0 Å². The van der Waals surface area contributed by atoms with Gasteiger partial charge in [0.15, 0.2) is 0 Å². The van der Waals surface area contributed by atoms with Crippen molar-refractivity contribution in [3.05, 3.63) is 0 Å². The molecule has 0 N–H and O–H groups in total. The third-order valence-corrected chi connectivity index (χ3v) is 4.19. The van der Waals surface area contributed by atoms with Gasteiger partial charge in [-0.25, -0.2) is 8.42 Å². The molecule has 0 aromatic rings. The molecule has 0 heterocycles. The lowest BCUT2D eigenvalue weighted by atomic mass is 10.2. The molecule has 0 saturated heterocycles. The van der Waals surface area contributed by atoms with Gasteiger partial charge in [0.1, 0.15) is 9.84 Å². The van der Waals surface area contributed by atoms with E-state index in [0.29, 0.717) is 0 Å². The highest BCUT2D eigenvalue weighted by Crippen LogP contribution is 2.13. The average molecular weight is 210 g/mol. The fourth-order valence-electron chi connectivity index (χ4n) is 1.14. The summed E-state index contributed by atoms with van der Waals surface area (Å²) in [5, 5.41) is -0.116. The Morgan fingerprint density at radius 2 is 1.92 bits per heavy atom. The van der Waals surface area contributed by atoms with Crippen LogP contribution in [0, 0.1) is 0 Å². The molecule has 0 aliphatic rings. The number of hydrogen-bond donors (Lipinski definition) is 0. The molecule has 0 rings (SSSR count). The Hall–Kier alpha value is 0.300. The normalized spacial score (nSPS) is 14.6. The van der Waals surface area contributed by atoms with Gasteiger partial charge in [0.05, 0.1) is 5.25 Å². The molecule has 12 heavy (non-hydrogen) atoms. The van der Waals surface area contributed by atoms with Crippen molar-refractivity contribution in [3.63, 3.8) is 0 Å². The van der Waals surface area contributed by atoms with Gasteiger partial charge in [0, 0.05) is 6.26 Å². The van der Waals surface area contributed by atoms with E-state index in [1.807, 2.05) is 13.2 Å². The highest BCUT2D eigenvalue weighted by Gasteiger charge is 2.18. The highest BCUT2D eigenvalue weighted by atomic mass is 32.2. The third kappa shape index (κ3) is 5.04. The predicted octanol–water partition coefficient (Wildman–Crippen LogP) is 1.95. The molecule has 4 heteroatoms. The van der Waals surface area contributed by atoms with Crippen LogP contribution in [0.4, 0.5) is 0 Å². The van der Waals surface area contributed by atoms with E-state index in [4.69, 9.17) is 0 Å². The molecular formula is C8H18O2S2. The van der Waals surface area contributed by atoms with E-state index in [0.717, 1.165) is 25.0 Å². The zero-order valence-electron chi connectivity index (χ0n) is 8.04. The first kappa shape index (κ1) is 12.3. The van der Waals surface area contributed by atoms with Gasteiger partial charge in [0.2, 0.25) is 0 Å². The van der Waals surface area contributed by atoms with E-state index in [1.54, 1.807) is 11.8 Å². The van der Waals surface area contributed by atoms with Gasteiger partial charge >= 0.3 is 0 Å². The number of hydrogen-bond acceptors (Lipinski definition) is 3. The minimum atomic E-state index is -2.81. The van der Waals surface area contributed by atoms with Crippen LogP contribution < -0.4 is 0 Å². The molecule has 1 atom stereocenters. The summed E-state index contributed by atoms with van der Waals surface area (Å²) < 4.78 is 22.4. The fourth-order valence-corrected chi connectivity index (χ4v) is 3.02. The molecule has 0 radical (unpaired) electrons. The topological polar surface area (TPSA) is 34.1 Å². The standard InChI is InChI=1S/C8H18O2S2/c1-4-5-8(6-7-11-2)12(3,9)10/h8H,4-7H2,1-3H3. The van der Waals surface area contributed by atoms with E-state index >= 15 is 0 Å². The van der Waals surface area contributed by atoms with Crippen molar-refractivity contribution in [2.75, 3.05) is 18.3 Å². The van der Waals surface area contributed by atoms with E-state index in [9.17, 15) is 8.42 Å². The molecule has 2 nitrogen and oxygen atoms in total. The molecule has 74 valence electrons. The zero-order chi connectivity index (χ0) is 9.61. The third-order valence-electron chi connectivity index (χ3n) is 1.86. The Bertz CT molecular complexity index is 197. The van der Waals surface area contributed by atoms with Crippen LogP contribution in [-0.4, -0.2) is 31.9 Å². The molecule has 0 fully saturated rings. The lowest BCUT2D eigenvalue weighted by Crippen LogP contribution is -2.20. The zero-order valence-corrected chi connectivity index (χ0v) is 9.67. The molecule has 1 unspecified atom stereocenters. The van der Waals surface area contributed by atoms with E-state index in [2.05, 4.69) is 0 Å². The lowest BCUT2D eigenvalue weighted by molar-refractivity contribution is 0.571. The van der Waals surface area contributed by atoms with Gasteiger partial charge in [-0.15, -0.1) is 0 Å². The molecule has 0 aromatic carbocycles. The monoisotopic (exact) mass is 210 g/mol. The van der Waals surface area contributed by atoms with Crippen molar-refractivity contribution >= 4 is 21.6 Å². The number of thioether (sulfide) groups is 1. The molecule has 0 aromatic heterocycles. The molecular weight excluding hydrogens is 192 g/mol. The highest BCUT2D eigenvalue weighted by molar-refractivity contribution is 7.98. The molecule has 0 aliphatic carbocycles. The maximum absolute atomic E-state index is 11.2. The van der Waals surface area contributed by atoms with Gasteiger partial charge < -0.3 is 0 Å². The number of sulfone groups is 1. The minimum absolute atomic E-state index is 0.116. The SMILES string of the molecule is CCCC(CCSC)S(C)(=O)=O. The van der Waals surface area contributed by atoms with Crippen molar-refractivity contribution < 1.29 is 8.42 Å².